The minimum absolute atomic E-state index is 0.234. The van der Waals surface area contributed by atoms with Crippen LogP contribution in [0.3, 0.4) is 0 Å². The quantitative estimate of drug-likeness (QED) is 0.743. The van der Waals surface area contributed by atoms with E-state index in [0.717, 1.165) is 10.1 Å². The Morgan fingerprint density at radius 1 is 1.38 bits per heavy atom. The molecule has 2 aromatic rings. The fourth-order valence-corrected chi connectivity index (χ4v) is 1.70. The van der Waals surface area contributed by atoms with Crippen LogP contribution < -0.4 is 17.0 Å². The molecule has 0 saturated carbocycles. The predicted octanol–water partition coefficient (Wildman–Crippen LogP) is -0.0431. The van der Waals surface area contributed by atoms with Crippen molar-refractivity contribution in [3.8, 4) is 0 Å². The van der Waals surface area contributed by atoms with E-state index in [1.807, 2.05) is 13.0 Å². The molecule has 0 amide bonds. The van der Waals surface area contributed by atoms with Crippen LogP contribution in [-0.4, -0.2) is 16.1 Å². The highest BCUT2D eigenvalue weighted by molar-refractivity contribution is 5.77. The van der Waals surface area contributed by atoms with Gasteiger partial charge in [-0.1, -0.05) is 6.07 Å². The number of rotatable bonds is 2. The molecule has 0 atom stereocenters. The van der Waals surface area contributed by atoms with E-state index in [0.29, 0.717) is 10.9 Å². The Balaban J connectivity index is 2.84. The van der Waals surface area contributed by atoms with Crippen molar-refractivity contribution in [2.75, 3.05) is 6.54 Å². The molecule has 16 heavy (non-hydrogen) atoms. The van der Waals surface area contributed by atoms with E-state index in [-0.39, 0.29) is 18.6 Å². The minimum atomic E-state index is -0.409. The summed E-state index contributed by atoms with van der Waals surface area (Å²) in [7, 11) is 0. The topological polar surface area (TPSA) is 80.9 Å². The van der Waals surface area contributed by atoms with Gasteiger partial charge < -0.3 is 10.7 Å². The molecule has 0 saturated heterocycles. The molecule has 1 heterocycles. The molecule has 1 aromatic carbocycles. The largest absolute Gasteiger partial charge is 0.329 e. The van der Waals surface area contributed by atoms with Crippen LogP contribution in [0, 0.1) is 6.92 Å². The number of hydrogen-bond acceptors (Lipinski definition) is 3. The van der Waals surface area contributed by atoms with Crippen molar-refractivity contribution in [1.82, 2.24) is 9.55 Å². The van der Waals surface area contributed by atoms with Gasteiger partial charge in [-0.2, -0.15) is 0 Å². The van der Waals surface area contributed by atoms with Crippen LogP contribution >= 0.6 is 0 Å². The molecule has 0 spiro atoms. The summed E-state index contributed by atoms with van der Waals surface area (Å²) >= 11 is 0. The molecule has 3 N–H and O–H groups in total. The number of fused-ring (bicyclic) bond motifs is 1. The fourth-order valence-electron chi connectivity index (χ4n) is 1.70. The van der Waals surface area contributed by atoms with Gasteiger partial charge in [0.15, 0.2) is 0 Å². The lowest BCUT2D eigenvalue weighted by Crippen LogP contribution is -2.37. The van der Waals surface area contributed by atoms with Crippen LogP contribution in [0.15, 0.2) is 27.8 Å². The number of aryl methyl sites for hydroxylation is 1. The zero-order chi connectivity index (χ0) is 11.7. The molecule has 5 nitrogen and oxygen atoms in total. The van der Waals surface area contributed by atoms with Crippen molar-refractivity contribution in [2.24, 2.45) is 5.73 Å². The Morgan fingerprint density at radius 2 is 2.12 bits per heavy atom. The Labute approximate surface area is 91.5 Å². The molecular formula is C11H13N3O2. The Hall–Kier alpha value is -1.88. The average molecular weight is 219 g/mol. The van der Waals surface area contributed by atoms with Gasteiger partial charge in [0.1, 0.15) is 0 Å². The van der Waals surface area contributed by atoms with Gasteiger partial charge in [0.2, 0.25) is 0 Å². The predicted molar refractivity (Wildman–Crippen MR) is 62.6 cm³/mol. The second-order valence-electron chi connectivity index (χ2n) is 3.72. The molecule has 84 valence electrons. The summed E-state index contributed by atoms with van der Waals surface area (Å²) in [5.41, 5.74) is 6.23. The van der Waals surface area contributed by atoms with Crippen molar-refractivity contribution in [3.05, 3.63) is 44.6 Å². The number of aromatic nitrogens is 2. The van der Waals surface area contributed by atoms with Crippen LogP contribution in [0.4, 0.5) is 0 Å². The second-order valence-corrected chi connectivity index (χ2v) is 3.72. The first-order valence-electron chi connectivity index (χ1n) is 5.07. The first-order chi connectivity index (χ1) is 7.63. The molecule has 0 bridgehead atoms. The highest BCUT2D eigenvalue weighted by atomic mass is 16.2. The highest BCUT2D eigenvalue weighted by Gasteiger charge is 2.06. The summed E-state index contributed by atoms with van der Waals surface area (Å²) in [5.74, 6) is 0. The monoisotopic (exact) mass is 219 g/mol. The van der Waals surface area contributed by atoms with Gasteiger partial charge in [0, 0.05) is 13.1 Å². The van der Waals surface area contributed by atoms with Crippen LogP contribution in [0.2, 0.25) is 0 Å². The SMILES string of the molecule is Cc1ccc2c(=O)n(CCN)c(=O)[nH]c2c1. The molecule has 1 aromatic heterocycles. The van der Waals surface area contributed by atoms with E-state index in [1.54, 1.807) is 12.1 Å². The molecule has 0 aliphatic carbocycles. The van der Waals surface area contributed by atoms with E-state index in [1.165, 1.54) is 0 Å². The first-order valence-corrected chi connectivity index (χ1v) is 5.07. The maximum absolute atomic E-state index is 11.9. The summed E-state index contributed by atoms with van der Waals surface area (Å²) < 4.78 is 1.12. The summed E-state index contributed by atoms with van der Waals surface area (Å²) in [4.78, 5) is 26.2. The van der Waals surface area contributed by atoms with Crippen molar-refractivity contribution < 1.29 is 0 Å². The van der Waals surface area contributed by atoms with Gasteiger partial charge in [0.25, 0.3) is 5.56 Å². The van der Waals surface area contributed by atoms with E-state index < -0.39 is 5.69 Å². The lowest BCUT2D eigenvalue weighted by molar-refractivity contribution is 0.646. The third-order valence-corrected chi connectivity index (χ3v) is 2.49. The number of aromatic amines is 1. The van der Waals surface area contributed by atoms with Crippen molar-refractivity contribution in [2.45, 2.75) is 13.5 Å². The maximum atomic E-state index is 11.9. The standard InChI is InChI=1S/C11H13N3O2/c1-7-2-3-8-9(6-7)13-11(16)14(5-4-12)10(8)15/h2-3,6H,4-5,12H2,1H3,(H,13,16). The molecule has 0 fully saturated rings. The third-order valence-electron chi connectivity index (χ3n) is 2.49. The molecule has 5 heteroatoms. The second kappa shape index (κ2) is 3.94. The molecule has 0 unspecified atom stereocenters. The van der Waals surface area contributed by atoms with E-state index >= 15 is 0 Å². The fraction of sp³-hybridized carbons (Fsp3) is 0.273. The Kier molecular flexibility index (Phi) is 2.62. The average Bonchev–Trinajstić information content (AvgIpc) is 2.23. The molecule has 0 aliphatic heterocycles. The molecule has 0 aliphatic rings. The van der Waals surface area contributed by atoms with Gasteiger partial charge in [-0.15, -0.1) is 0 Å². The van der Waals surface area contributed by atoms with Gasteiger partial charge in [-0.25, -0.2) is 4.79 Å². The van der Waals surface area contributed by atoms with Crippen LogP contribution in [0.25, 0.3) is 10.9 Å². The molecular weight excluding hydrogens is 206 g/mol. The number of nitrogens with zero attached hydrogens (tertiary/aromatic N) is 1. The number of benzene rings is 1. The molecule has 2 rings (SSSR count). The zero-order valence-corrected chi connectivity index (χ0v) is 8.99. The summed E-state index contributed by atoms with van der Waals surface area (Å²) in [6.07, 6.45) is 0. The number of H-pyrrole nitrogens is 1. The normalized spacial score (nSPS) is 10.9. The molecule has 0 radical (unpaired) electrons. The van der Waals surface area contributed by atoms with Crippen molar-refractivity contribution >= 4 is 10.9 Å². The lowest BCUT2D eigenvalue weighted by Gasteiger charge is -2.04. The lowest BCUT2D eigenvalue weighted by atomic mass is 10.2. The van der Waals surface area contributed by atoms with Crippen LogP contribution in [-0.2, 0) is 6.54 Å². The van der Waals surface area contributed by atoms with Crippen LogP contribution in [0.5, 0.6) is 0 Å². The van der Waals surface area contributed by atoms with Crippen molar-refractivity contribution in [1.29, 1.82) is 0 Å². The maximum Gasteiger partial charge on any atom is 0.328 e. The van der Waals surface area contributed by atoms with E-state index in [2.05, 4.69) is 4.98 Å². The van der Waals surface area contributed by atoms with E-state index in [4.69, 9.17) is 5.73 Å². The van der Waals surface area contributed by atoms with E-state index in [9.17, 15) is 9.59 Å². The van der Waals surface area contributed by atoms with Gasteiger partial charge >= 0.3 is 5.69 Å². The summed E-state index contributed by atoms with van der Waals surface area (Å²) in [5, 5.41) is 0.513. The highest BCUT2D eigenvalue weighted by Crippen LogP contribution is 2.07. The number of hydrogen-bond donors (Lipinski definition) is 2. The van der Waals surface area contributed by atoms with Gasteiger partial charge in [-0.05, 0) is 24.6 Å². The minimum Gasteiger partial charge on any atom is -0.329 e. The number of nitrogens with two attached hydrogens (primary N) is 1. The van der Waals surface area contributed by atoms with Gasteiger partial charge in [-0.3, -0.25) is 9.36 Å². The summed E-state index contributed by atoms with van der Waals surface area (Å²) in [6, 6.07) is 5.34. The third kappa shape index (κ3) is 1.65. The van der Waals surface area contributed by atoms with Crippen LogP contribution in [0.1, 0.15) is 5.56 Å². The van der Waals surface area contributed by atoms with Gasteiger partial charge in [0.05, 0.1) is 10.9 Å². The number of nitrogens with one attached hydrogen (secondary N) is 1. The van der Waals surface area contributed by atoms with Crippen molar-refractivity contribution in [3.63, 3.8) is 0 Å². The summed E-state index contributed by atoms with van der Waals surface area (Å²) in [6.45, 7) is 2.40. The Bertz CT molecular complexity index is 640. The Morgan fingerprint density at radius 3 is 2.81 bits per heavy atom. The first kappa shape index (κ1) is 10.6. The smallest absolute Gasteiger partial charge is 0.328 e. The zero-order valence-electron chi connectivity index (χ0n) is 8.99.